The van der Waals surface area contributed by atoms with Gasteiger partial charge in [-0.3, -0.25) is 14.9 Å². The standard InChI is InChI=1S/C11H13ClN2O3/c1-2-3-4-11(15)13-10-6-5-8(14(16)17)7-9(10)12/h5-7H,2-4H2,1H3,(H,13,15). The molecule has 0 heterocycles. The molecule has 0 saturated carbocycles. The first-order chi connectivity index (χ1) is 8.04. The molecule has 0 fully saturated rings. The number of nitro benzene ring substituents is 1. The average Bonchev–Trinajstić information content (AvgIpc) is 2.28. The number of non-ortho nitro benzene ring substituents is 1. The molecule has 0 saturated heterocycles. The second-order valence-corrected chi connectivity index (χ2v) is 3.98. The van der Waals surface area contributed by atoms with Gasteiger partial charge in [-0.2, -0.15) is 0 Å². The summed E-state index contributed by atoms with van der Waals surface area (Å²) < 4.78 is 0. The molecule has 0 aliphatic heterocycles. The van der Waals surface area contributed by atoms with Crippen LogP contribution in [0.3, 0.4) is 0 Å². The molecule has 5 nitrogen and oxygen atoms in total. The number of unbranched alkanes of at least 4 members (excludes halogenated alkanes) is 1. The minimum atomic E-state index is -0.533. The van der Waals surface area contributed by atoms with Crippen molar-refractivity contribution in [2.45, 2.75) is 26.2 Å². The first-order valence-electron chi connectivity index (χ1n) is 5.28. The van der Waals surface area contributed by atoms with Gasteiger partial charge in [0.25, 0.3) is 5.69 Å². The number of benzene rings is 1. The Balaban J connectivity index is 2.72. The monoisotopic (exact) mass is 256 g/mol. The largest absolute Gasteiger partial charge is 0.325 e. The molecule has 0 atom stereocenters. The number of hydrogen-bond acceptors (Lipinski definition) is 3. The minimum Gasteiger partial charge on any atom is -0.325 e. The lowest BCUT2D eigenvalue weighted by Gasteiger charge is -2.06. The van der Waals surface area contributed by atoms with Crippen molar-refractivity contribution in [3.05, 3.63) is 33.3 Å². The van der Waals surface area contributed by atoms with Crippen LogP contribution in [0.15, 0.2) is 18.2 Å². The van der Waals surface area contributed by atoms with E-state index in [9.17, 15) is 14.9 Å². The number of carbonyl (C=O) groups is 1. The van der Waals surface area contributed by atoms with E-state index in [-0.39, 0.29) is 16.6 Å². The third kappa shape index (κ3) is 4.03. The molecule has 0 aromatic heterocycles. The fraction of sp³-hybridized carbons (Fsp3) is 0.364. The molecule has 0 spiro atoms. The van der Waals surface area contributed by atoms with E-state index in [1.54, 1.807) is 0 Å². The van der Waals surface area contributed by atoms with Gasteiger partial charge in [0.05, 0.1) is 15.6 Å². The predicted octanol–water partition coefficient (Wildman–Crippen LogP) is 3.38. The molecule has 92 valence electrons. The van der Waals surface area contributed by atoms with E-state index < -0.39 is 4.92 Å². The maximum Gasteiger partial charge on any atom is 0.271 e. The SMILES string of the molecule is CCCCC(=O)Nc1ccc([N+](=O)[O-])cc1Cl. The van der Waals surface area contributed by atoms with E-state index >= 15 is 0 Å². The van der Waals surface area contributed by atoms with Gasteiger partial charge in [-0.05, 0) is 12.5 Å². The normalized spacial score (nSPS) is 10.0. The number of nitrogens with one attached hydrogen (secondary N) is 1. The van der Waals surface area contributed by atoms with Gasteiger partial charge in [0.15, 0.2) is 0 Å². The zero-order chi connectivity index (χ0) is 12.8. The molecule has 1 amide bonds. The Morgan fingerprint density at radius 2 is 2.24 bits per heavy atom. The van der Waals surface area contributed by atoms with Gasteiger partial charge in [-0.1, -0.05) is 24.9 Å². The van der Waals surface area contributed by atoms with Gasteiger partial charge in [0.2, 0.25) is 5.91 Å². The molecule has 0 unspecified atom stereocenters. The summed E-state index contributed by atoms with van der Waals surface area (Å²) in [7, 11) is 0. The molecule has 0 aliphatic rings. The van der Waals surface area contributed by atoms with E-state index in [0.29, 0.717) is 12.1 Å². The topological polar surface area (TPSA) is 72.2 Å². The number of halogens is 1. The van der Waals surface area contributed by atoms with Crippen molar-refractivity contribution < 1.29 is 9.72 Å². The number of anilines is 1. The highest BCUT2D eigenvalue weighted by Gasteiger charge is 2.11. The first-order valence-corrected chi connectivity index (χ1v) is 5.66. The maximum atomic E-state index is 11.4. The Kier molecular flexibility index (Phi) is 4.90. The van der Waals surface area contributed by atoms with Crippen LogP contribution in [-0.4, -0.2) is 10.8 Å². The Morgan fingerprint density at radius 1 is 1.53 bits per heavy atom. The minimum absolute atomic E-state index is 0.0958. The molecular weight excluding hydrogens is 244 g/mol. The Bertz CT molecular complexity index is 435. The van der Waals surface area contributed by atoms with Crippen LogP contribution in [0.25, 0.3) is 0 Å². The number of hydrogen-bond donors (Lipinski definition) is 1. The first kappa shape index (κ1) is 13.4. The summed E-state index contributed by atoms with van der Waals surface area (Å²) in [5, 5.41) is 13.3. The van der Waals surface area contributed by atoms with Crippen LogP contribution in [0.4, 0.5) is 11.4 Å². The van der Waals surface area contributed by atoms with Gasteiger partial charge in [-0.25, -0.2) is 0 Å². The highest BCUT2D eigenvalue weighted by Crippen LogP contribution is 2.26. The Morgan fingerprint density at radius 3 is 2.76 bits per heavy atom. The number of nitrogens with zero attached hydrogens (tertiary/aromatic N) is 1. The van der Waals surface area contributed by atoms with E-state index in [2.05, 4.69) is 5.32 Å². The molecule has 1 N–H and O–H groups in total. The molecular formula is C11H13ClN2O3. The van der Waals surface area contributed by atoms with Crippen molar-refractivity contribution in [2.75, 3.05) is 5.32 Å². The lowest BCUT2D eigenvalue weighted by Crippen LogP contribution is -2.11. The molecule has 6 heteroatoms. The van der Waals surface area contributed by atoms with Crippen LogP contribution in [0.2, 0.25) is 5.02 Å². The van der Waals surface area contributed by atoms with Crippen molar-refractivity contribution >= 4 is 28.9 Å². The highest BCUT2D eigenvalue weighted by atomic mass is 35.5. The summed E-state index contributed by atoms with van der Waals surface area (Å²) in [6, 6.07) is 3.96. The van der Waals surface area contributed by atoms with Gasteiger partial charge in [0, 0.05) is 18.6 Å². The van der Waals surface area contributed by atoms with E-state index in [1.165, 1.54) is 18.2 Å². The van der Waals surface area contributed by atoms with Crippen LogP contribution >= 0.6 is 11.6 Å². The van der Waals surface area contributed by atoms with Crippen molar-refractivity contribution in [1.29, 1.82) is 0 Å². The molecule has 1 aromatic carbocycles. The quantitative estimate of drug-likeness (QED) is 0.648. The smallest absolute Gasteiger partial charge is 0.271 e. The predicted molar refractivity (Wildman–Crippen MR) is 66.3 cm³/mol. The average molecular weight is 257 g/mol. The molecule has 0 aliphatic carbocycles. The number of nitro groups is 1. The third-order valence-corrected chi connectivity index (χ3v) is 2.51. The molecule has 0 bridgehead atoms. The van der Waals surface area contributed by atoms with Gasteiger partial charge in [0.1, 0.15) is 0 Å². The van der Waals surface area contributed by atoms with Gasteiger partial charge >= 0.3 is 0 Å². The van der Waals surface area contributed by atoms with Crippen molar-refractivity contribution in [3.8, 4) is 0 Å². The number of amides is 1. The highest BCUT2D eigenvalue weighted by molar-refractivity contribution is 6.33. The Labute approximate surface area is 104 Å². The van der Waals surface area contributed by atoms with E-state index in [0.717, 1.165) is 12.8 Å². The molecule has 17 heavy (non-hydrogen) atoms. The van der Waals surface area contributed by atoms with Crippen LogP contribution in [-0.2, 0) is 4.79 Å². The second-order valence-electron chi connectivity index (χ2n) is 3.57. The summed E-state index contributed by atoms with van der Waals surface area (Å²) in [6.45, 7) is 1.99. The van der Waals surface area contributed by atoms with Crippen molar-refractivity contribution in [1.82, 2.24) is 0 Å². The van der Waals surface area contributed by atoms with Gasteiger partial charge < -0.3 is 5.32 Å². The zero-order valence-corrected chi connectivity index (χ0v) is 10.2. The molecule has 1 aromatic rings. The lowest BCUT2D eigenvalue weighted by atomic mass is 10.2. The van der Waals surface area contributed by atoms with Crippen LogP contribution in [0, 0.1) is 10.1 Å². The summed E-state index contributed by atoms with van der Waals surface area (Å²) in [5.41, 5.74) is 0.305. The summed E-state index contributed by atoms with van der Waals surface area (Å²) in [5.74, 6) is -0.136. The Hall–Kier alpha value is -1.62. The fourth-order valence-electron chi connectivity index (χ4n) is 1.27. The maximum absolute atomic E-state index is 11.4. The summed E-state index contributed by atoms with van der Waals surface area (Å²) in [4.78, 5) is 21.4. The third-order valence-electron chi connectivity index (χ3n) is 2.19. The lowest BCUT2D eigenvalue weighted by molar-refractivity contribution is -0.384. The number of carbonyl (C=O) groups excluding carboxylic acids is 1. The summed E-state index contributed by atoms with van der Waals surface area (Å²) in [6.07, 6.45) is 2.15. The molecule has 0 radical (unpaired) electrons. The van der Waals surface area contributed by atoms with Gasteiger partial charge in [-0.15, -0.1) is 0 Å². The van der Waals surface area contributed by atoms with Crippen LogP contribution in [0.5, 0.6) is 0 Å². The summed E-state index contributed by atoms with van der Waals surface area (Å²) >= 11 is 5.83. The van der Waals surface area contributed by atoms with Crippen LogP contribution < -0.4 is 5.32 Å². The van der Waals surface area contributed by atoms with Crippen molar-refractivity contribution in [2.24, 2.45) is 0 Å². The fourth-order valence-corrected chi connectivity index (χ4v) is 1.49. The number of rotatable bonds is 5. The zero-order valence-electron chi connectivity index (χ0n) is 9.40. The van der Waals surface area contributed by atoms with Crippen molar-refractivity contribution in [3.63, 3.8) is 0 Å². The van der Waals surface area contributed by atoms with Crippen LogP contribution in [0.1, 0.15) is 26.2 Å². The second kappa shape index (κ2) is 6.20. The van der Waals surface area contributed by atoms with E-state index in [1.807, 2.05) is 6.92 Å². The van der Waals surface area contributed by atoms with E-state index in [4.69, 9.17) is 11.6 Å². The molecule has 1 rings (SSSR count).